The van der Waals surface area contributed by atoms with Crippen LogP contribution in [0.25, 0.3) is 11.1 Å². The third-order valence-corrected chi connectivity index (χ3v) is 6.16. The Labute approximate surface area is 186 Å². The molecule has 0 saturated heterocycles. The fourth-order valence-corrected chi connectivity index (χ4v) is 4.68. The Kier molecular flexibility index (Phi) is 5.05. The molecule has 0 aromatic heterocycles. The summed E-state index contributed by atoms with van der Waals surface area (Å²) in [5.74, 6) is -0.375. The molecule has 1 aliphatic heterocycles. The second-order valence-corrected chi connectivity index (χ2v) is 8.16. The summed E-state index contributed by atoms with van der Waals surface area (Å²) < 4.78 is 11.6. The largest absolute Gasteiger partial charge is 0.491 e. The molecule has 1 N–H and O–H groups in total. The highest BCUT2D eigenvalue weighted by atomic mass is 16.6. The Morgan fingerprint density at radius 2 is 1.72 bits per heavy atom. The van der Waals surface area contributed by atoms with E-state index in [1.165, 1.54) is 11.1 Å². The Balaban J connectivity index is 1.35. The summed E-state index contributed by atoms with van der Waals surface area (Å²) in [6.45, 7) is 2.99. The number of hydrogen-bond acceptors (Lipinski definition) is 4. The number of amides is 1. The lowest BCUT2D eigenvalue weighted by Crippen LogP contribution is -2.33. The van der Waals surface area contributed by atoms with Gasteiger partial charge in [-0.2, -0.15) is 0 Å². The summed E-state index contributed by atoms with van der Waals surface area (Å²) in [6, 6.07) is 19.6. The molecule has 1 heterocycles. The molecule has 6 nitrogen and oxygen atoms in total. The number of nitrogens with zero attached hydrogens (tertiary/aromatic N) is 1. The number of benzene rings is 3. The lowest BCUT2D eigenvalue weighted by Gasteiger charge is -2.21. The van der Waals surface area contributed by atoms with E-state index in [-0.39, 0.29) is 24.6 Å². The molecule has 6 heteroatoms. The second-order valence-electron chi connectivity index (χ2n) is 8.16. The molecule has 3 aromatic carbocycles. The number of fused-ring (bicyclic) bond motifs is 4. The van der Waals surface area contributed by atoms with Crippen molar-refractivity contribution in [1.29, 1.82) is 0 Å². The van der Waals surface area contributed by atoms with Crippen molar-refractivity contribution in [2.24, 2.45) is 0 Å². The first-order valence-electron chi connectivity index (χ1n) is 10.6. The first-order chi connectivity index (χ1) is 15.5. The average Bonchev–Trinajstić information content (AvgIpc) is 2.95. The molecule has 2 aliphatic rings. The molecule has 162 valence electrons. The van der Waals surface area contributed by atoms with E-state index < -0.39 is 12.1 Å². The minimum absolute atomic E-state index is 0.0114. The Bertz CT molecular complexity index is 1170. The van der Waals surface area contributed by atoms with Crippen molar-refractivity contribution < 1.29 is 24.2 Å². The normalized spacial score (nSPS) is 14.6. The zero-order valence-corrected chi connectivity index (χ0v) is 17.7. The third kappa shape index (κ3) is 3.47. The maximum Gasteiger partial charge on any atom is 0.410 e. The van der Waals surface area contributed by atoms with Crippen LogP contribution in [0.15, 0.2) is 60.7 Å². The molecule has 5 rings (SSSR count). The van der Waals surface area contributed by atoms with Crippen LogP contribution in [-0.2, 0) is 11.3 Å². The van der Waals surface area contributed by atoms with Crippen molar-refractivity contribution in [3.05, 3.63) is 88.5 Å². The summed E-state index contributed by atoms with van der Waals surface area (Å²) in [5.41, 5.74) is 6.28. The van der Waals surface area contributed by atoms with Crippen LogP contribution in [0.1, 0.15) is 38.5 Å². The van der Waals surface area contributed by atoms with Gasteiger partial charge >= 0.3 is 12.1 Å². The molecule has 0 saturated carbocycles. The van der Waals surface area contributed by atoms with Crippen LogP contribution >= 0.6 is 0 Å². The molecule has 1 amide bonds. The molecule has 0 radical (unpaired) electrons. The topological polar surface area (TPSA) is 76.1 Å². The molecule has 0 unspecified atom stereocenters. The van der Waals surface area contributed by atoms with Gasteiger partial charge in [0.2, 0.25) is 0 Å². The van der Waals surface area contributed by atoms with E-state index in [4.69, 9.17) is 9.47 Å². The molecule has 32 heavy (non-hydrogen) atoms. The minimum atomic E-state index is -1.01. The highest BCUT2D eigenvalue weighted by Crippen LogP contribution is 2.44. The molecule has 1 aliphatic carbocycles. The van der Waals surface area contributed by atoms with Crippen molar-refractivity contribution in [3.63, 3.8) is 0 Å². The molecule has 0 fully saturated rings. The summed E-state index contributed by atoms with van der Waals surface area (Å²) >= 11 is 0. The predicted molar refractivity (Wildman–Crippen MR) is 119 cm³/mol. The fourth-order valence-electron chi connectivity index (χ4n) is 4.68. The lowest BCUT2D eigenvalue weighted by molar-refractivity contribution is 0.0696. The zero-order valence-electron chi connectivity index (χ0n) is 17.7. The Hall–Kier alpha value is -3.80. The van der Waals surface area contributed by atoms with Gasteiger partial charge in [0, 0.05) is 11.5 Å². The van der Waals surface area contributed by atoms with Gasteiger partial charge < -0.3 is 19.5 Å². The third-order valence-electron chi connectivity index (χ3n) is 6.16. The fraction of sp³-hybridized carbons (Fsp3) is 0.231. The molecule has 0 bridgehead atoms. The van der Waals surface area contributed by atoms with Crippen molar-refractivity contribution in [1.82, 2.24) is 4.90 Å². The molecule has 0 spiro atoms. The number of carboxylic acid groups (broad SMARTS) is 1. The number of carbonyl (C=O) groups is 2. The molecule has 0 atom stereocenters. The minimum Gasteiger partial charge on any atom is -0.491 e. The zero-order chi connectivity index (χ0) is 22.2. The van der Waals surface area contributed by atoms with Crippen LogP contribution in [0.4, 0.5) is 4.79 Å². The second kappa shape index (κ2) is 8.04. The van der Waals surface area contributed by atoms with E-state index in [1.807, 2.05) is 31.2 Å². The van der Waals surface area contributed by atoms with Gasteiger partial charge in [-0.3, -0.25) is 0 Å². The SMILES string of the molecule is Cc1cc(C(=O)O)cc2c1OCCN(C(=O)OCC1c3ccccc3-c3ccccc31)C2. The van der Waals surface area contributed by atoms with Crippen molar-refractivity contribution in [2.75, 3.05) is 19.8 Å². The number of aromatic carboxylic acids is 1. The Morgan fingerprint density at radius 3 is 2.38 bits per heavy atom. The van der Waals surface area contributed by atoms with E-state index >= 15 is 0 Å². The van der Waals surface area contributed by atoms with Crippen LogP contribution in [0.2, 0.25) is 0 Å². The van der Waals surface area contributed by atoms with Crippen LogP contribution in [0.5, 0.6) is 5.75 Å². The van der Waals surface area contributed by atoms with Gasteiger partial charge in [-0.1, -0.05) is 48.5 Å². The Morgan fingerprint density at radius 1 is 1.06 bits per heavy atom. The molecular weight excluding hydrogens is 406 g/mol. The standard InChI is InChI=1S/C26H23NO5/c1-16-12-17(25(28)29)13-18-14-27(10-11-31-24(16)18)26(30)32-15-23-21-8-4-2-6-19(21)20-7-3-5-9-22(20)23/h2-9,12-13,23H,10-11,14-15H2,1H3,(H,28,29). The number of rotatable bonds is 3. The van der Waals surface area contributed by atoms with Crippen LogP contribution in [-0.4, -0.2) is 41.8 Å². The number of hydrogen-bond donors (Lipinski definition) is 1. The summed E-state index contributed by atoms with van der Waals surface area (Å²) in [4.78, 5) is 26.0. The summed E-state index contributed by atoms with van der Waals surface area (Å²) in [7, 11) is 0. The summed E-state index contributed by atoms with van der Waals surface area (Å²) in [5, 5.41) is 9.38. The number of carbonyl (C=O) groups excluding carboxylic acids is 1. The van der Waals surface area contributed by atoms with Crippen LogP contribution in [0, 0.1) is 6.92 Å². The van der Waals surface area contributed by atoms with E-state index in [0.29, 0.717) is 24.5 Å². The quantitative estimate of drug-likeness (QED) is 0.645. The van der Waals surface area contributed by atoms with Gasteiger partial charge in [0.15, 0.2) is 0 Å². The van der Waals surface area contributed by atoms with Gasteiger partial charge in [-0.25, -0.2) is 9.59 Å². The monoisotopic (exact) mass is 429 g/mol. The first-order valence-corrected chi connectivity index (χ1v) is 10.6. The van der Waals surface area contributed by atoms with Gasteiger partial charge in [-0.15, -0.1) is 0 Å². The van der Waals surface area contributed by atoms with E-state index in [1.54, 1.807) is 17.0 Å². The maximum atomic E-state index is 13.0. The number of carboxylic acids is 1. The van der Waals surface area contributed by atoms with Gasteiger partial charge in [0.25, 0.3) is 0 Å². The molecule has 3 aromatic rings. The average molecular weight is 429 g/mol. The number of ether oxygens (including phenoxy) is 2. The first kappa shape index (κ1) is 20.1. The highest BCUT2D eigenvalue weighted by molar-refractivity contribution is 5.88. The smallest absolute Gasteiger partial charge is 0.410 e. The van der Waals surface area contributed by atoms with Crippen LogP contribution < -0.4 is 4.74 Å². The summed E-state index contributed by atoms with van der Waals surface area (Å²) in [6.07, 6.45) is -0.429. The van der Waals surface area contributed by atoms with E-state index in [9.17, 15) is 14.7 Å². The van der Waals surface area contributed by atoms with E-state index in [0.717, 1.165) is 16.7 Å². The highest BCUT2D eigenvalue weighted by Gasteiger charge is 2.30. The van der Waals surface area contributed by atoms with E-state index in [2.05, 4.69) is 24.3 Å². The maximum absolute atomic E-state index is 13.0. The number of aryl methyl sites for hydroxylation is 1. The van der Waals surface area contributed by atoms with Crippen molar-refractivity contribution in [2.45, 2.75) is 19.4 Å². The van der Waals surface area contributed by atoms with Gasteiger partial charge in [0.1, 0.15) is 19.0 Å². The molecular formula is C26H23NO5. The van der Waals surface area contributed by atoms with Crippen molar-refractivity contribution >= 4 is 12.1 Å². The van der Waals surface area contributed by atoms with Crippen LogP contribution in [0.3, 0.4) is 0 Å². The lowest BCUT2D eigenvalue weighted by atomic mass is 9.98. The predicted octanol–water partition coefficient (Wildman–Crippen LogP) is 4.84. The van der Waals surface area contributed by atoms with Crippen molar-refractivity contribution in [3.8, 4) is 16.9 Å². The van der Waals surface area contributed by atoms with Gasteiger partial charge in [0.05, 0.1) is 18.7 Å². The van der Waals surface area contributed by atoms with Gasteiger partial charge in [-0.05, 0) is 46.9 Å².